The van der Waals surface area contributed by atoms with Crippen LogP contribution >= 0.6 is 0 Å². The number of ether oxygens (including phenoxy) is 1. The fourth-order valence-corrected chi connectivity index (χ4v) is 2.30. The zero-order valence-electron chi connectivity index (χ0n) is 14.5. The Morgan fingerprint density at radius 1 is 0.864 bits per heavy atom. The Hall–Kier alpha value is -1.22. The first-order chi connectivity index (χ1) is 10.9. The molecule has 22 heavy (non-hydrogen) atoms. The fraction of sp³-hybridized carbons (Fsp3) is 0.684. The molecule has 0 heterocycles. The summed E-state index contributed by atoms with van der Waals surface area (Å²) in [6.07, 6.45) is 8.99. The maximum absolute atomic E-state index is 5.72. The van der Waals surface area contributed by atoms with Crippen molar-refractivity contribution in [1.82, 2.24) is 5.32 Å². The molecule has 126 valence electrons. The molecular formula is C19H34N2O. The van der Waals surface area contributed by atoms with E-state index < -0.39 is 0 Å². The molecule has 0 atom stereocenters. The van der Waals surface area contributed by atoms with Crippen LogP contribution in [0.1, 0.15) is 58.8 Å². The molecule has 0 fully saturated rings. The zero-order chi connectivity index (χ0) is 15.9. The Kier molecular flexibility index (Phi) is 11.5. The number of unbranched alkanes of at least 4 members (excludes halogenated alkanes) is 5. The molecular weight excluding hydrogens is 272 g/mol. The molecule has 0 aliphatic rings. The van der Waals surface area contributed by atoms with E-state index in [4.69, 9.17) is 4.74 Å². The molecule has 1 rings (SSSR count). The molecule has 0 radical (unpaired) electrons. The van der Waals surface area contributed by atoms with Crippen LogP contribution in [-0.2, 0) is 0 Å². The Bertz CT molecular complexity index is 368. The Labute approximate surface area is 136 Å². The summed E-state index contributed by atoms with van der Waals surface area (Å²) < 4.78 is 5.72. The predicted octanol–water partition coefficient (Wildman–Crippen LogP) is 4.84. The minimum absolute atomic E-state index is 0.805. The van der Waals surface area contributed by atoms with Crippen LogP contribution in [-0.4, -0.2) is 26.2 Å². The first-order valence-electron chi connectivity index (χ1n) is 9.04. The van der Waals surface area contributed by atoms with Gasteiger partial charge in [0.1, 0.15) is 5.75 Å². The lowest BCUT2D eigenvalue weighted by Crippen LogP contribution is -2.23. The largest absolute Gasteiger partial charge is 0.494 e. The third-order valence-corrected chi connectivity index (χ3v) is 3.69. The molecule has 2 N–H and O–H groups in total. The number of anilines is 1. The van der Waals surface area contributed by atoms with Gasteiger partial charge in [-0.2, -0.15) is 0 Å². The van der Waals surface area contributed by atoms with Gasteiger partial charge in [-0.1, -0.05) is 52.0 Å². The number of hydrogen-bond acceptors (Lipinski definition) is 3. The minimum atomic E-state index is 0.805. The van der Waals surface area contributed by atoms with Gasteiger partial charge >= 0.3 is 0 Å². The summed E-state index contributed by atoms with van der Waals surface area (Å²) in [6, 6.07) is 8.25. The van der Waals surface area contributed by atoms with Crippen LogP contribution < -0.4 is 15.4 Å². The average molecular weight is 306 g/mol. The van der Waals surface area contributed by atoms with Crippen LogP contribution in [0.4, 0.5) is 5.69 Å². The van der Waals surface area contributed by atoms with Gasteiger partial charge in [0.05, 0.1) is 6.61 Å². The van der Waals surface area contributed by atoms with Crippen LogP contribution in [0, 0.1) is 0 Å². The van der Waals surface area contributed by atoms with E-state index in [1.54, 1.807) is 0 Å². The van der Waals surface area contributed by atoms with Crippen molar-refractivity contribution in [3.63, 3.8) is 0 Å². The van der Waals surface area contributed by atoms with Crippen molar-refractivity contribution in [1.29, 1.82) is 0 Å². The van der Waals surface area contributed by atoms with Gasteiger partial charge in [-0.25, -0.2) is 0 Å². The van der Waals surface area contributed by atoms with Crippen molar-refractivity contribution in [2.45, 2.75) is 58.8 Å². The van der Waals surface area contributed by atoms with Gasteiger partial charge in [0.15, 0.2) is 0 Å². The van der Waals surface area contributed by atoms with Gasteiger partial charge < -0.3 is 15.4 Å². The van der Waals surface area contributed by atoms with Crippen LogP contribution in [0.3, 0.4) is 0 Å². The standard InChI is InChI=1S/C19H34N2O/c1-3-5-7-8-9-13-20-14-15-21-18-11-10-12-19(17-18)22-16-6-4-2/h10-12,17,20-21H,3-9,13-16H2,1-2H3. The lowest BCUT2D eigenvalue weighted by atomic mass is 10.1. The van der Waals surface area contributed by atoms with Crippen molar-refractivity contribution in [3.8, 4) is 5.75 Å². The molecule has 0 unspecified atom stereocenters. The molecule has 0 amide bonds. The van der Waals surface area contributed by atoms with Crippen molar-refractivity contribution in [2.75, 3.05) is 31.6 Å². The highest BCUT2D eigenvalue weighted by Crippen LogP contribution is 2.17. The van der Waals surface area contributed by atoms with Crippen LogP contribution in [0.2, 0.25) is 0 Å². The van der Waals surface area contributed by atoms with Crippen molar-refractivity contribution in [3.05, 3.63) is 24.3 Å². The van der Waals surface area contributed by atoms with Crippen LogP contribution in [0.5, 0.6) is 5.75 Å². The average Bonchev–Trinajstić information content (AvgIpc) is 2.54. The quantitative estimate of drug-likeness (QED) is 0.483. The smallest absolute Gasteiger partial charge is 0.121 e. The third-order valence-electron chi connectivity index (χ3n) is 3.69. The second kappa shape index (κ2) is 13.4. The molecule has 3 heteroatoms. The summed E-state index contributed by atoms with van der Waals surface area (Å²) in [6.45, 7) is 8.33. The summed E-state index contributed by atoms with van der Waals surface area (Å²) in [7, 11) is 0. The third kappa shape index (κ3) is 9.67. The molecule has 0 aliphatic heterocycles. The second-order valence-electron chi connectivity index (χ2n) is 5.82. The van der Waals surface area contributed by atoms with Gasteiger partial charge in [-0.05, 0) is 31.5 Å². The molecule has 0 bridgehead atoms. The van der Waals surface area contributed by atoms with Gasteiger partial charge in [-0.15, -0.1) is 0 Å². The first-order valence-corrected chi connectivity index (χ1v) is 9.04. The summed E-state index contributed by atoms with van der Waals surface area (Å²) in [4.78, 5) is 0. The van der Waals surface area contributed by atoms with Crippen LogP contribution in [0.15, 0.2) is 24.3 Å². The number of nitrogens with one attached hydrogen (secondary N) is 2. The predicted molar refractivity (Wildman–Crippen MR) is 97.0 cm³/mol. The topological polar surface area (TPSA) is 33.3 Å². The molecule has 3 nitrogen and oxygen atoms in total. The van der Waals surface area contributed by atoms with Crippen molar-refractivity contribution in [2.24, 2.45) is 0 Å². The summed E-state index contributed by atoms with van der Waals surface area (Å²) in [5.41, 5.74) is 1.14. The normalized spacial score (nSPS) is 10.6. The van der Waals surface area contributed by atoms with Crippen molar-refractivity contribution < 1.29 is 4.74 Å². The second-order valence-corrected chi connectivity index (χ2v) is 5.82. The Balaban J connectivity index is 2.05. The van der Waals surface area contributed by atoms with Gasteiger partial charge in [0.2, 0.25) is 0 Å². The van der Waals surface area contributed by atoms with Gasteiger partial charge in [-0.3, -0.25) is 0 Å². The van der Waals surface area contributed by atoms with Crippen molar-refractivity contribution >= 4 is 5.69 Å². The maximum Gasteiger partial charge on any atom is 0.121 e. The molecule has 0 spiro atoms. The van der Waals surface area contributed by atoms with E-state index in [2.05, 4.69) is 36.6 Å². The summed E-state index contributed by atoms with van der Waals surface area (Å²) >= 11 is 0. The van der Waals surface area contributed by atoms with Crippen LogP contribution in [0.25, 0.3) is 0 Å². The van der Waals surface area contributed by atoms with E-state index in [1.165, 1.54) is 38.5 Å². The SMILES string of the molecule is CCCCCCCNCCNc1cccc(OCCCC)c1. The molecule has 0 saturated heterocycles. The lowest BCUT2D eigenvalue weighted by Gasteiger charge is -2.10. The monoisotopic (exact) mass is 306 g/mol. The lowest BCUT2D eigenvalue weighted by molar-refractivity contribution is 0.309. The minimum Gasteiger partial charge on any atom is -0.494 e. The summed E-state index contributed by atoms with van der Waals surface area (Å²) in [5, 5.41) is 6.94. The van der Waals surface area contributed by atoms with E-state index in [9.17, 15) is 0 Å². The van der Waals surface area contributed by atoms with Gasteiger partial charge in [0, 0.05) is 24.8 Å². The molecule has 0 aliphatic carbocycles. The molecule has 1 aromatic rings. The Morgan fingerprint density at radius 2 is 1.68 bits per heavy atom. The molecule has 0 saturated carbocycles. The summed E-state index contributed by atoms with van der Waals surface area (Å²) in [5.74, 6) is 0.960. The van der Waals surface area contributed by atoms with E-state index in [1.807, 2.05) is 12.1 Å². The fourth-order valence-electron chi connectivity index (χ4n) is 2.30. The number of rotatable bonds is 14. The highest BCUT2D eigenvalue weighted by molar-refractivity contribution is 5.48. The Morgan fingerprint density at radius 3 is 2.50 bits per heavy atom. The molecule has 0 aromatic heterocycles. The highest BCUT2D eigenvalue weighted by Gasteiger charge is 1.96. The van der Waals surface area contributed by atoms with E-state index in [-0.39, 0.29) is 0 Å². The number of hydrogen-bond donors (Lipinski definition) is 2. The highest BCUT2D eigenvalue weighted by atomic mass is 16.5. The molecule has 1 aromatic carbocycles. The van der Waals surface area contributed by atoms with E-state index in [0.717, 1.165) is 44.1 Å². The first kappa shape index (κ1) is 18.8. The van der Waals surface area contributed by atoms with E-state index >= 15 is 0 Å². The zero-order valence-corrected chi connectivity index (χ0v) is 14.5. The van der Waals surface area contributed by atoms with Gasteiger partial charge in [0.25, 0.3) is 0 Å². The van der Waals surface area contributed by atoms with E-state index in [0.29, 0.717) is 0 Å². The maximum atomic E-state index is 5.72. The number of benzene rings is 1.